The Balaban J connectivity index is 2.34. The Bertz CT molecular complexity index is 189. The molecule has 0 aromatic rings. The molecule has 0 N–H and O–H groups in total. The van der Waals surface area contributed by atoms with Gasteiger partial charge in [0, 0.05) is 12.3 Å². The van der Waals surface area contributed by atoms with Gasteiger partial charge in [0.1, 0.15) is 5.78 Å². The average Bonchev–Trinajstić information content (AvgIpc) is 2.70. The van der Waals surface area contributed by atoms with Crippen LogP contribution in [0.5, 0.6) is 0 Å². The van der Waals surface area contributed by atoms with E-state index in [9.17, 15) is 4.79 Å². The van der Waals surface area contributed by atoms with Crippen LogP contribution in [0.2, 0.25) is 0 Å². The van der Waals surface area contributed by atoms with Gasteiger partial charge in [-0.3, -0.25) is 4.79 Å². The standard InChI is InChI=1S/C12H22O/c1-5-9(6-2)7-11(13)10-8-12(10,3)4/h9-10H,5-8H2,1-4H3. The normalized spacial score (nSPS) is 24.8. The van der Waals surface area contributed by atoms with Gasteiger partial charge in [-0.1, -0.05) is 40.5 Å². The van der Waals surface area contributed by atoms with Crippen molar-refractivity contribution in [1.82, 2.24) is 0 Å². The van der Waals surface area contributed by atoms with Gasteiger partial charge in [0.25, 0.3) is 0 Å². The van der Waals surface area contributed by atoms with Crippen LogP contribution in [0, 0.1) is 17.3 Å². The van der Waals surface area contributed by atoms with Crippen molar-refractivity contribution < 1.29 is 4.79 Å². The van der Waals surface area contributed by atoms with Gasteiger partial charge in [-0.25, -0.2) is 0 Å². The highest BCUT2D eigenvalue weighted by Gasteiger charge is 2.49. The summed E-state index contributed by atoms with van der Waals surface area (Å²) in [6, 6.07) is 0. The fourth-order valence-electron chi connectivity index (χ4n) is 2.02. The van der Waals surface area contributed by atoms with Crippen molar-refractivity contribution in [2.24, 2.45) is 17.3 Å². The Kier molecular flexibility index (Phi) is 3.15. The van der Waals surface area contributed by atoms with Crippen LogP contribution in [0.3, 0.4) is 0 Å². The highest BCUT2D eigenvalue weighted by atomic mass is 16.1. The molecule has 0 aromatic heterocycles. The summed E-state index contributed by atoms with van der Waals surface area (Å²) in [5.41, 5.74) is 0.323. The third kappa shape index (κ3) is 2.55. The number of Topliss-reactive ketones (excluding diaryl/α,β-unsaturated/α-hetero) is 1. The maximum atomic E-state index is 11.7. The van der Waals surface area contributed by atoms with E-state index in [4.69, 9.17) is 0 Å². The van der Waals surface area contributed by atoms with Crippen LogP contribution in [0.1, 0.15) is 53.4 Å². The van der Waals surface area contributed by atoms with Gasteiger partial charge in [-0.05, 0) is 17.8 Å². The van der Waals surface area contributed by atoms with Gasteiger partial charge in [0.2, 0.25) is 0 Å². The molecule has 0 heterocycles. The minimum Gasteiger partial charge on any atom is -0.299 e. The van der Waals surface area contributed by atoms with E-state index in [1.54, 1.807) is 0 Å². The zero-order valence-electron chi connectivity index (χ0n) is 9.39. The molecule has 0 amide bonds. The van der Waals surface area contributed by atoms with Crippen molar-refractivity contribution in [2.75, 3.05) is 0 Å². The van der Waals surface area contributed by atoms with Crippen molar-refractivity contribution in [2.45, 2.75) is 53.4 Å². The smallest absolute Gasteiger partial charge is 0.136 e. The predicted molar refractivity (Wildman–Crippen MR) is 55.6 cm³/mol. The van der Waals surface area contributed by atoms with Crippen LogP contribution in [-0.4, -0.2) is 5.78 Å². The van der Waals surface area contributed by atoms with E-state index < -0.39 is 0 Å². The fraction of sp³-hybridized carbons (Fsp3) is 0.917. The molecule has 1 aliphatic rings. The summed E-state index contributed by atoms with van der Waals surface area (Å²) in [5, 5.41) is 0. The Morgan fingerprint density at radius 2 is 1.85 bits per heavy atom. The molecule has 1 saturated carbocycles. The first kappa shape index (κ1) is 10.7. The number of ketones is 1. The van der Waals surface area contributed by atoms with E-state index in [0.717, 1.165) is 25.7 Å². The summed E-state index contributed by atoms with van der Waals surface area (Å²) in [7, 11) is 0. The molecule has 0 saturated heterocycles. The molecular formula is C12H22O. The second-order valence-electron chi connectivity index (χ2n) is 5.10. The maximum Gasteiger partial charge on any atom is 0.136 e. The lowest BCUT2D eigenvalue weighted by Gasteiger charge is -2.11. The zero-order valence-corrected chi connectivity index (χ0v) is 9.39. The highest BCUT2D eigenvalue weighted by molar-refractivity contribution is 5.84. The molecule has 1 heteroatoms. The zero-order chi connectivity index (χ0) is 10.1. The Morgan fingerprint density at radius 1 is 1.38 bits per heavy atom. The number of hydrogen-bond donors (Lipinski definition) is 0. The Hall–Kier alpha value is -0.330. The highest BCUT2D eigenvalue weighted by Crippen LogP contribution is 2.52. The average molecular weight is 182 g/mol. The van der Waals surface area contributed by atoms with Crippen LogP contribution >= 0.6 is 0 Å². The van der Waals surface area contributed by atoms with Crippen LogP contribution in [0.15, 0.2) is 0 Å². The molecule has 0 aliphatic heterocycles. The minimum absolute atomic E-state index is 0.323. The van der Waals surface area contributed by atoms with E-state index in [1.165, 1.54) is 0 Å². The van der Waals surface area contributed by atoms with E-state index in [-0.39, 0.29) is 0 Å². The lowest BCUT2D eigenvalue weighted by atomic mass is 9.93. The summed E-state index contributed by atoms with van der Waals surface area (Å²) in [6.45, 7) is 8.75. The molecule has 0 bridgehead atoms. The first-order chi connectivity index (χ1) is 6.01. The number of rotatable bonds is 5. The molecule has 1 rings (SSSR count). The summed E-state index contributed by atoms with van der Waals surface area (Å²) in [6.07, 6.45) is 4.23. The van der Waals surface area contributed by atoms with Gasteiger partial charge in [-0.15, -0.1) is 0 Å². The van der Waals surface area contributed by atoms with Crippen molar-refractivity contribution in [3.63, 3.8) is 0 Å². The number of carbonyl (C=O) groups is 1. The van der Waals surface area contributed by atoms with Crippen molar-refractivity contribution in [1.29, 1.82) is 0 Å². The van der Waals surface area contributed by atoms with Gasteiger partial charge in [0.15, 0.2) is 0 Å². The first-order valence-corrected chi connectivity index (χ1v) is 5.54. The lowest BCUT2D eigenvalue weighted by molar-refractivity contribution is -0.121. The van der Waals surface area contributed by atoms with Gasteiger partial charge in [-0.2, -0.15) is 0 Å². The molecule has 1 unspecified atom stereocenters. The van der Waals surface area contributed by atoms with Crippen LogP contribution < -0.4 is 0 Å². The first-order valence-electron chi connectivity index (χ1n) is 5.54. The topological polar surface area (TPSA) is 17.1 Å². The van der Waals surface area contributed by atoms with E-state index >= 15 is 0 Å². The monoisotopic (exact) mass is 182 g/mol. The quantitative estimate of drug-likeness (QED) is 0.636. The number of hydrogen-bond acceptors (Lipinski definition) is 1. The Morgan fingerprint density at radius 3 is 2.15 bits per heavy atom. The minimum atomic E-state index is 0.323. The van der Waals surface area contributed by atoms with Gasteiger partial charge in [0.05, 0.1) is 0 Å². The van der Waals surface area contributed by atoms with Gasteiger partial charge >= 0.3 is 0 Å². The molecule has 13 heavy (non-hydrogen) atoms. The third-order valence-corrected chi connectivity index (χ3v) is 3.55. The van der Waals surface area contributed by atoms with E-state index in [0.29, 0.717) is 23.0 Å². The van der Waals surface area contributed by atoms with Gasteiger partial charge < -0.3 is 0 Å². The van der Waals surface area contributed by atoms with Crippen molar-refractivity contribution >= 4 is 5.78 Å². The summed E-state index contributed by atoms with van der Waals surface area (Å²) < 4.78 is 0. The predicted octanol–water partition coefficient (Wildman–Crippen LogP) is 3.43. The SMILES string of the molecule is CCC(CC)CC(=O)C1CC1(C)C. The largest absolute Gasteiger partial charge is 0.299 e. The van der Waals surface area contributed by atoms with E-state index in [1.807, 2.05) is 0 Å². The van der Waals surface area contributed by atoms with Crippen molar-refractivity contribution in [3.8, 4) is 0 Å². The summed E-state index contributed by atoms with van der Waals surface area (Å²) in [4.78, 5) is 11.7. The molecule has 0 radical (unpaired) electrons. The van der Waals surface area contributed by atoms with Crippen LogP contribution in [0.25, 0.3) is 0 Å². The van der Waals surface area contributed by atoms with Crippen LogP contribution in [0.4, 0.5) is 0 Å². The molecular weight excluding hydrogens is 160 g/mol. The lowest BCUT2D eigenvalue weighted by Crippen LogP contribution is -2.11. The second-order valence-corrected chi connectivity index (χ2v) is 5.10. The number of carbonyl (C=O) groups excluding carboxylic acids is 1. The molecule has 0 spiro atoms. The third-order valence-electron chi connectivity index (χ3n) is 3.55. The molecule has 0 aromatic carbocycles. The van der Waals surface area contributed by atoms with Crippen LogP contribution in [-0.2, 0) is 4.79 Å². The summed E-state index contributed by atoms with van der Waals surface area (Å²) >= 11 is 0. The van der Waals surface area contributed by atoms with Crippen molar-refractivity contribution in [3.05, 3.63) is 0 Å². The Labute approximate surface area is 81.9 Å². The maximum absolute atomic E-state index is 11.7. The fourth-order valence-corrected chi connectivity index (χ4v) is 2.02. The molecule has 1 aliphatic carbocycles. The molecule has 76 valence electrons. The molecule has 1 fully saturated rings. The molecule has 1 nitrogen and oxygen atoms in total. The second kappa shape index (κ2) is 3.81. The van der Waals surface area contributed by atoms with E-state index in [2.05, 4.69) is 27.7 Å². The molecule has 1 atom stereocenters. The summed E-state index contributed by atoms with van der Waals surface area (Å²) in [5.74, 6) is 1.52.